The SMILES string of the molecule is Cc1noc(C)c1C(=O)OCC(=O)Nc1ccc(N(C)C)cc1. The Morgan fingerprint density at radius 2 is 1.87 bits per heavy atom. The molecule has 122 valence electrons. The highest BCUT2D eigenvalue weighted by Gasteiger charge is 2.19. The Bertz CT molecular complexity index is 685. The Balaban J connectivity index is 1.89. The number of esters is 1. The number of rotatable bonds is 5. The average Bonchev–Trinajstić information content (AvgIpc) is 2.84. The molecular formula is C16H19N3O4. The second-order valence-corrected chi connectivity index (χ2v) is 5.26. The predicted molar refractivity (Wildman–Crippen MR) is 85.7 cm³/mol. The lowest BCUT2D eigenvalue weighted by atomic mass is 10.2. The third-order valence-electron chi connectivity index (χ3n) is 3.24. The van der Waals surface area contributed by atoms with Gasteiger partial charge in [0.05, 0.1) is 5.69 Å². The van der Waals surface area contributed by atoms with Crippen molar-refractivity contribution in [3.05, 3.63) is 41.3 Å². The van der Waals surface area contributed by atoms with Crippen molar-refractivity contribution >= 4 is 23.3 Å². The second kappa shape index (κ2) is 6.95. The molecule has 0 radical (unpaired) electrons. The van der Waals surface area contributed by atoms with Gasteiger partial charge in [0.2, 0.25) is 0 Å². The van der Waals surface area contributed by atoms with Crippen molar-refractivity contribution in [1.82, 2.24) is 5.16 Å². The summed E-state index contributed by atoms with van der Waals surface area (Å²) in [6.07, 6.45) is 0. The van der Waals surface area contributed by atoms with Crippen molar-refractivity contribution in [2.24, 2.45) is 0 Å². The van der Waals surface area contributed by atoms with Gasteiger partial charge in [0.1, 0.15) is 11.3 Å². The van der Waals surface area contributed by atoms with Crippen LogP contribution in [0.3, 0.4) is 0 Å². The van der Waals surface area contributed by atoms with Gasteiger partial charge in [-0.2, -0.15) is 0 Å². The number of hydrogen-bond acceptors (Lipinski definition) is 6. The van der Waals surface area contributed by atoms with E-state index in [4.69, 9.17) is 9.26 Å². The van der Waals surface area contributed by atoms with Crippen LogP contribution in [0.25, 0.3) is 0 Å². The highest BCUT2D eigenvalue weighted by molar-refractivity contribution is 5.96. The van der Waals surface area contributed by atoms with Gasteiger partial charge in [0.15, 0.2) is 6.61 Å². The van der Waals surface area contributed by atoms with Crippen LogP contribution in [0.2, 0.25) is 0 Å². The van der Waals surface area contributed by atoms with Gasteiger partial charge in [0, 0.05) is 25.5 Å². The van der Waals surface area contributed by atoms with E-state index >= 15 is 0 Å². The van der Waals surface area contributed by atoms with E-state index in [0.717, 1.165) is 5.69 Å². The Hall–Kier alpha value is -2.83. The first-order valence-electron chi connectivity index (χ1n) is 7.05. The molecule has 0 saturated carbocycles. The van der Waals surface area contributed by atoms with Crippen LogP contribution in [0.1, 0.15) is 21.8 Å². The van der Waals surface area contributed by atoms with Crippen molar-refractivity contribution in [1.29, 1.82) is 0 Å². The number of aryl methyl sites for hydroxylation is 2. The Labute approximate surface area is 134 Å². The second-order valence-electron chi connectivity index (χ2n) is 5.26. The van der Waals surface area contributed by atoms with Crippen LogP contribution in [-0.4, -0.2) is 37.7 Å². The maximum atomic E-state index is 11.9. The fourth-order valence-corrected chi connectivity index (χ4v) is 2.02. The first-order chi connectivity index (χ1) is 10.9. The van der Waals surface area contributed by atoms with Crippen molar-refractivity contribution in [3.63, 3.8) is 0 Å². The number of aromatic nitrogens is 1. The molecule has 0 aliphatic carbocycles. The highest BCUT2D eigenvalue weighted by Crippen LogP contribution is 2.16. The lowest BCUT2D eigenvalue weighted by molar-refractivity contribution is -0.119. The molecule has 7 heteroatoms. The normalized spacial score (nSPS) is 10.3. The predicted octanol–water partition coefficient (Wildman–Crippen LogP) is 2.15. The van der Waals surface area contributed by atoms with Crippen LogP contribution in [0.15, 0.2) is 28.8 Å². The molecule has 1 N–H and O–H groups in total. The molecule has 0 unspecified atom stereocenters. The Kier molecular flexibility index (Phi) is 5.00. The van der Waals surface area contributed by atoms with Crippen molar-refractivity contribution < 1.29 is 18.8 Å². The van der Waals surface area contributed by atoms with Crippen molar-refractivity contribution in [2.75, 3.05) is 30.9 Å². The smallest absolute Gasteiger partial charge is 0.344 e. The molecule has 1 amide bonds. The third kappa shape index (κ3) is 4.09. The summed E-state index contributed by atoms with van der Waals surface area (Å²) >= 11 is 0. The highest BCUT2D eigenvalue weighted by atomic mass is 16.5. The molecule has 0 bridgehead atoms. The van der Waals surface area contributed by atoms with E-state index in [-0.39, 0.29) is 12.2 Å². The van der Waals surface area contributed by atoms with E-state index in [0.29, 0.717) is 17.1 Å². The molecule has 0 aliphatic rings. The monoisotopic (exact) mass is 317 g/mol. The number of nitrogens with zero attached hydrogens (tertiary/aromatic N) is 2. The molecule has 1 aromatic heterocycles. The van der Waals surface area contributed by atoms with Gasteiger partial charge >= 0.3 is 5.97 Å². The molecule has 1 aromatic carbocycles. The van der Waals surface area contributed by atoms with Crippen LogP contribution >= 0.6 is 0 Å². The van der Waals surface area contributed by atoms with E-state index in [1.807, 2.05) is 31.1 Å². The van der Waals surface area contributed by atoms with E-state index in [1.165, 1.54) is 0 Å². The zero-order valence-electron chi connectivity index (χ0n) is 13.5. The summed E-state index contributed by atoms with van der Waals surface area (Å²) in [5, 5.41) is 6.34. The summed E-state index contributed by atoms with van der Waals surface area (Å²) in [6, 6.07) is 7.32. The van der Waals surface area contributed by atoms with Crippen LogP contribution in [0.4, 0.5) is 11.4 Å². The van der Waals surface area contributed by atoms with Crippen LogP contribution in [-0.2, 0) is 9.53 Å². The molecule has 2 rings (SSSR count). The molecule has 0 spiro atoms. The molecule has 23 heavy (non-hydrogen) atoms. The first-order valence-corrected chi connectivity index (χ1v) is 7.05. The number of amides is 1. The molecule has 7 nitrogen and oxygen atoms in total. The quantitative estimate of drug-likeness (QED) is 0.851. The zero-order chi connectivity index (χ0) is 17.0. The van der Waals surface area contributed by atoms with E-state index in [1.54, 1.807) is 26.0 Å². The fourth-order valence-electron chi connectivity index (χ4n) is 2.02. The van der Waals surface area contributed by atoms with Gasteiger partial charge in [0.25, 0.3) is 5.91 Å². The standard InChI is InChI=1S/C16H19N3O4/c1-10-15(11(2)23-18-10)16(21)22-9-14(20)17-12-5-7-13(8-6-12)19(3)4/h5-8H,9H2,1-4H3,(H,17,20). The molecule has 0 fully saturated rings. The fraction of sp³-hybridized carbons (Fsp3) is 0.312. The molecule has 1 heterocycles. The van der Waals surface area contributed by atoms with Gasteiger partial charge in [-0.1, -0.05) is 5.16 Å². The largest absolute Gasteiger partial charge is 0.452 e. The average molecular weight is 317 g/mol. The van der Waals surface area contributed by atoms with Crippen molar-refractivity contribution in [2.45, 2.75) is 13.8 Å². The Morgan fingerprint density at radius 1 is 1.22 bits per heavy atom. The summed E-state index contributed by atoms with van der Waals surface area (Å²) in [4.78, 5) is 25.7. The minimum Gasteiger partial charge on any atom is -0.452 e. The lowest BCUT2D eigenvalue weighted by Crippen LogP contribution is -2.21. The number of ether oxygens (including phenoxy) is 1. The summed E-state index contributed by atoms with van der Waals surface area (Å²) in [5.74, 6) is -0.672. The van der Waals surface area contributed by atoms with Gasteiger partial charge in [-0.15, -0.1) is 0 Å². The van der Waals surface area contributed by atoms with Crippen LogP contribution in [0.5, 0.6) is 0 Å². The molecule has 0 saturated heterocycles. The number of carbonyl (C=O) groups is 2. The minimum absolute atomic E-state index is 0.258. The molecule has 2 aromatic rings. The van der Waals surface area contributed by atoms with Gasteiger partial charge in [-0.3, -0.25) is 4.79 Å². The minimum atomic E-state index is -0.626. The topological polar surface area (TPSA) is 84.7 Å². The molecule has 0 atom stereocenters. The molecular weight excluding hydrogens is 298 g/mol. The number of benzene rings is 1. The Morgan fingerprint density at radius 3 is 2.39 bits per heavy atom. The molecule has 0 aliphatic heterocycles. The number of anilines is 2. The third-order valence-corrected chi connectivity index (χ3v) is 3.24. The summed E-state index contributed by atoms with van der Waals surface area (Å²) in [7, 11) is 3.86. The zero-order valence-corrected chi connectivity index (χ0v) is 13.5. The maximum absolute atomic E-state index is 11.9. The van der Waals surface area contributed by atoms with E-state index in [2.05, 4.69) is 10.5 Å². The summed E-state index contributed by atoms with van der Waals surface area (Å²) < 4.78 is 9.88. The number of hydrogen-bond donors (Lipinski definition) is 1. The van der Waals surface area contributed by atoms with Crippen LogP contribution in [0, 0.1) is 13.8 Å². The van der Waals surface area contributed by atoms with E-state index in [9.17, 15) is 9.59 Å². The van der Waals surface area contributed by atoms with Crippen LogP contribution < -0.4 is 10.2 Å². The van der Waals surface area contributed by atoms with Crippen molar-refractivity contribution in [3.8, 4) is 0 Å². The number of carbonyl (C=O) groups excluding carboxylic acids is 2. The lowest BCUT2D eigenvalue weighted by Gasteiger charge is -2.13. The first kappa shape index (κ1) is 16.5. The summed E-state index contributed by atoms with van der Waals surface area (Å²) in [6.45, 7) is 2.88. The van der Waals surface area contributed by atoms with Gasteiger partial charge < -0.3 is 19.5 Å². The summed E-state index contributed by atoms with van der Waals surface area (Å²) in [5.41, 5.74) is 2.35. The van der Waals surface area contributed by atoms with Gasteiger partial charge in [-0.25, -0.2) is 4.79 Å². The number of nitrogens with one attached hydrogen (secondary N) is 1. The maximum Gasteiger partial charge on any atom is 0.344 e. The van der Waals surface area contributed by atoms with E-state index < -0.39 is 11.9 Å². The van der Waals surface area contributed by atoms with Gasteiger partial charge in [-0.05, 0) is 38.1 Å².